The molecule has 0 spiro atoms. The molecule has 96 valence electrons. The fourth-order valence-electron chi connectivity index (χ4n) is 1.89. The Morgan fingerprint density at radius 1 is 1.28 bits per heavy atom. The van der Waals surface area contributed by atoms with E-state index in [9.17, 15) is 0 Å². The van der Waals surface area contributed by atoms with Crippen molar-refractivity contribution in [3.8, 4) is 5.69 Å². The largest absolute Gasteiger partial charge is 0.338 e. The molecule has 5 nitrogen and oxygen atoms in total. The summed E-state index contributed by atoms with van der Waals surface area (Å²) < 4.78 is 1.82. The third-order valence-electron chi connectivity index (χ3n) is 3.63. The lowest BCUT2D eigenvalue weighted by Gasteiger charge is -2.22. The summed E-state index contributed by atoms with van der Waals surface area (Å²) in [6, 6.07) is 8.22. The minimum absolute atomic E-state index is 0.103. The van der Waals surface area contributed by atoms with Crippen molar-refractivity contribution >= 4 is 0 Å². The SMILES string of the molecule is CC[C@@](C)([NH2+]C)c1nnnn1-c1ccc(C)cc1. The van der Waals surface area contributed by atoms with E-state index in [2.05, 4.69) is 60.8 Å². The molecule has 1 aromatic heterocycles. The molecule has 0 amide bonds. The van der Waals surface area contributed by atoms with Crippen molar-refractivity contribution in [2.75, 3.05) is 7.05 Å². The summed E-state index contributed by atoms with van der Waals surface area (Å²) in [5.74, 6) is 0.886. The summed E-state index contributed by atoms with van der Waals surface area (Å²) in [6.07, 6.45) is 0.968. The van der Waals surface area contributed by atoms with E-state index in [4.69, 9.17) is 0 Å². The van der Waals surface area contributed by atoms with Gasteiger partial charge in [0, 0.05) is 6.42 Å². The lowest BCUT2D eigenvalue weighted by molar-refractivity contribution is -0.711. The van der Waals surface area contributed by atoms with Gasteiger partial charge in [0.25, 0.3) is 0 Å². The van der Waals surface area contributed by atoms with E-state index < -0.39 is 0 Å². The van der Waals surface area contributed by atoms with Gasteiger partial charge in [-0.15, -0.1) is 5.10 Å². The lowest BCUT2D eigenvalue weighted by Crippen LogP contribution is -2.91. The van der Waals surface area contributed by atoms with E-state index in [-0.39, 0.29) is 5.54 Å². The second kappa shape index (κ2) is 4.86. The number of tetrazole rings is 1. The zero-order chi connectivity index (χ0) is 13.2. The van der Waals surface area contributed by atoms with Gasteiger partial charge in [-0.3, -0.25) is 0 Å². The molecular weight excluding hydrogens is 226 g/mol. The Hall–Kier alpha value is -1.75. The number of nitrogens with zero attached hydrogens (tertiary/aromatic N) is 4. The van der Waals surface area contributed by atoms with Gasteiger partial charge in [0.05, 0.1) is 12.7 Å². The molecule has 0 saturated heterocycles. The monoisotopic (exact) mass is 246 g/mol. The number of hydrogen-bond acceptors (Lipinski definition) is 3. The maximum atomic E-state index is 4.20. The Morgan fingerprint density at radius 3 is 2.50 bits per heavy atom. The molecule has 1 aromatic carbocycles. The predicted molar refractivity (Wildman–Crippen MR) is 69.4 cm³/mol. The van der Waals surface area contributed by atoms with Gasteiger partial charge in [0.15, 0.2) is 5.54 Å². The second-order valence-electron chi connectivity index (χ2n) is 4.81. The highest BCUT2D eigenvalue weighted by Crippen LogP contribution is 2.19. The van der Waals surface area contributed by atoms with Gasteiger partial charge in [0.2, 0.25) is 5.82 Å². The molecule has 2 aromatic rings. The van der Waals surface area contributed by atoms with Crippen LogP contribution in [0.25, 0.3) is 5.69 Å². The molecule has 5 heteroatoms. The van der Waals surface area contributed by atoms with Gasteiger partial charge in [-0.1, -0.05) is 24.6 Å². The van der Waals surface area contributed by atoms with Crippen LogP contribution < -0.4 is 5.32 Å². The van der Waals surface area contributed by atoms with Gasteiger partial charge in [-0.2, -0.15) is 4.68 Å². The highest BCUT2D eigenvalue weighted by molar-refractivity contribution is 5.34. The molecule has 2 rings (SSSR count). The smallest absolute Gasteiger partial charge is 0.216 e. The first-order valence-corrected chi connectivity index (χ1v) is 6.27. The van der Waals surface area contributed by atoms with Crippen LogP contribution in [-0.4, -0.2) is 27.3 Å². The molecular formula is C13H20N5+. The van der Waals surface area contributed by atoms with E-state index in [1.807, 2.05) is 16.8 Å². The summed E-state index contributed by atoms with van der Waals surface area (Å²) in [6.45, 7) is 6.37. The number of aryl methyl sites for hydroxylation is 1. The van der Waals surface area contributed by atoms with Crippen LogP contribution in [0.5, 0.6) is 0 Å². The van der Waals surface area contributed by atoms with Gasteiger partial charge < -0.3 is 5.32 Å². The molecule has 0 bridgehead atoms. The topological polar surface area (TPSA) is 60.2 Å². The van der Waals surface area contributed by atoms with Gasteiger partial charge in [-0.05, 0) is 36.4 Å². The van der Waals surface area contributed by atoms with Gasteiger partial charge in [-0.25, -0.2) is 0 Å². The van der Waals surface area contributed by atoms with Crippen molar-refractivity contribution in [1.82, 2.24) is 20.2 Å². The highest BCUT2D eigenvalue weighted by Gasteiger charge is 2.33. The Morgan fingerprint density at radius 2 is 1.94 bits per heavy atom. The van der Waals surface area contributed by atoms with Gasteiger partial charge in [0.1, 0.15) is 0 Å². The zero-order valence-corrected chi connectivity index (χ0v) is 11.4. The molecule has 0 aliphatic carbocycles. The molecule has 18 heavy (non-hydrogen) atoms. The minimum Gasteiger partial charge on any atom is -0.338 e. The summed E-state index contributed by atoms with van der Waals surface area (Å²) in [7, 11) is 2.05. The van der Waals surface area contributed by atoms with Crippen LogP contribution in [0.3, 0.4) is 0 Å². The lowest BCUT2D eigenvalue weighted by atomic mass is 9.98. The zero-order valence-electron chi connectivity index (χ0n) is 11.4. The Kier molecular flexibility index (Phi) is 3.43. The summed E-state index contributed by atoms with van der Waals surface area (Å²) in [4.78, 5) is 0. The predicted octanol–water partition coefficient (Wildman–Crippen LogP) is 0.789. The van der Waals surface area contributed by atoms with E-state index in [0.29, 0.717) is 0 Å². The summed E-state index contributed by atoms with van der Waals surface area (Å²) >= 11 is 0. The maximum Gasteiger partial charge on any atom is 0.216 e. The third kappa shape index (κ3) is 2.13. The molecule has 0 aliphatic rings. The Bertz CT molecular complexity index is 510. The maximum absolute atomic E-state index is 4.20. The van der Waals surface area contributed by atoms with Crippen LogP contribution in [0.4, 0.5) is 0 Å². The molecule has 2 N–H and O–H groups in total. The fourth-order valence-corrected chi connectivity index (χ4v) is 1.89. The Labute approximate surface area is 107 Å². The number of nitrogens with two attached hydrogens (primary N) is 1. The molecule has 0 fully saturated rings. The first-order valence-electron chi connectivity index (χ1n) is 6.27. The van der Waals surface area contributed by atoms with Crippen molar-refractivity contribution in [3.63, 3.8) is 0 Å². The fraction of sp³-hybridized carbons (Fsp3) is 0.462. The normalized spacial score (nSPS) is 14.4. The Balaban J connectivity index is 2.48. The van der Waals surface area contributed by atoms with Gasteiger partial charge >= 0.3 is 0 Å². The van der Waals surface area contributed by atoms with E-state index in [0.717, 1.165) is 17.9 Å². The third-order valence-corrected chi connectivity index (χ3v) is 3.63. The first kappa shape index (κ1) is 12.7. The number of benzene rings is 1. The van der Waals surface area contributed by atoms with E-state index in [1.54, 1.807) is 0 Å². The van der Waals surface area contributed by atoms with Crippen LogP contribution in [0.1, 0.15) is 31.7 Å². The van der Waals surface area contributed by atoms with Crippen molar-refractivity contribution in [3.05, 3.63) is 35.7 Å². The van der Waals surface area contributed by atoms with Crippen molar-refractivity contribution in [2.24, 2.45) is 0 Å². The molecule has 1 atom stereocenters. The number of hydrogen-bond donors (Lipinski definition) is 1. The molecule has 0 radical (unpaired) electrons. The molecule has 0 saturated carbocycles. The number of quaternary nitrogens is 1. The summed E-state index contributed by atoms with van der Waals surface area (Å²) in [5.41, 5.74) is 2.13. The van der Waals surface area contributed by atoms with E-state index in [1.165, 1.54) is 5.56 Å². The van der Waals surface area contributed by atoms with Crippen molar-refractivity contribution < 1.29 is 5.32 Å². The second-order valence-corrected chi connectivity index (χ2v) is 4.81. The molecule has 1 heterocycles. The van der Waals surface area contributed by atoms with Crippen molar-refractivity contribution in [1.29, 1.82) is 0 Å². The quantitative estimate of drug-likeness (QED) is 0.867. The van der Waals surface area contributed by atoms with E-state index >= 15 is 0 Å². The molecule has 0 aliphatic heterocycles. The average molecular weight is 246 g/mol. The first-order chi connectivity index (χ1) is 8.60. The van der Waals surface area contributed by atoms with Crippen LogP contribution in [0, 0.1) is 6.92 Å². The van der Waals surface area contributed by atoms with Crippen LogP contribution in [0.2, 0.25) is 0 Å². The molecule has 0 unspecified atom stereocenters. The van der Waals surface area contributed by atoms with Crippen LogP contribution >= 0.6 is 0 Å². The average Bonchev–Trinajstić information content (AvgIpc) is 2.88. The highest BCUT2D eigenvalue weighted by atomic mass is 15.6. The van der Waals surface area contributed by atoms with Crippen molar-refractivity contribution in [2.45, 2.75) is 32.7 Å². The van der Waals surface area contributed by atoms with Crippen LogP contribution in [0.15, 0.2) is 24.3 Å². The summed E-state index contributed by atoms with van der Waals surface area (Å²) in [5, 5.41) is 14.3. The minimum atomic E-state index is -0.103. The standard InChI is InChI=1S/C13H19N5/c1-5-13(3,14-4)12-15-16-17-18(12)11-8-6-10(2)7-9-11/h6-9,14H,5H2,1-4H3/p+1/t13-/m1/s1. The number of aromatic nitrogens is 4. The van der Waals surface area contributed by atoms with Crippen LogP contribution in [-0.2, 0) is 5.54 Å². The number of rotatable bonds is 4.